The number of guanidine groups is 2. The summed E-state index contributed by atoms with van der Waals surface area (Å²) in [5, 5.41) is 28.3. The minimum atomic E-state index is -1.50. The van der Waals surface area contributed by atoms with E-state index in [9.17, 15) is 0 Å². The van der Waals surface area contributed by atoms with E-state index in [1.54, 1.807) is 0 Å². The Labute approximate surface area is 121 Å². The first kappa shape index (κ1) is 18.0. The fraction of sp³-hybridized carbons (Fsp3) is 0.273. The van der Waals surface area contributed by atoms with Crippen molar-refractivity contribution < 1.29 is 15.0 Å². The SMILES string of the molecule is CCOc1ccccc1CN(C(=N)N)C(=N)N.O=[N+]([O-])O. The van der Waals surface area contributed by atoms with Crippen LogP contribution in [0.1, 0.15) is 12.5 Å². The summed E-state index contributed by atoms with van der Waals surface area (Å²) in [6.07, 6.45) is 0. The van der Waals surface area contributed by atoms with Gasteiger partial charge in [0.25, 0.3) is 5.09 Å². The summed E-state index contributed by atoms with van der Waals surface area (Å²) in [6, 6.07) is 7.40. The summed E-state index contributed by atoms with van der Waals surface area (Å²) in [6.45, 7) is 2.70. The van der Waals surface area contributed by atoms with Crippen molar-refractivity contribution in [2.24, 2.45) is 11.5 Å². The van der Waals surface area contributed by atoms with Gasteiger partial charge in [0.2, 0.25) is 0 Å². The minimum absolute atomic E-state index is 0.251. The number of rotatable bonds is 4. The Kier molecular flexibility index (Phi) is 7.66. The van der Waals surface area contributed by atoms with Gasteiger partial charge in [-0.05, 0) is 13.0 Å². The summed E-state index contributed by atoms with van der Waals surface area (Å²) in [5.74, 6) is 0.190. The van der Waals surface area contributed by atoms with Crippen LogP contribution in [0.2, 0.25) is 0 Å². The lowest BCUT2D eigenvalue weighted by Gasteiger charge is -2.21. The van der Waals surface area contributed by atoms with E-state index < -0.39 is 5.09 Å². The molecular formula is C11H18N6O4. The van der Waals surface area contributed by atoms with Crippen LogP contribution >= 0.6 is 0 Å². The molecule has 0 amide bonds. The molecule has 10 nitrogen and oxygen atoms in total. The average molecular weight is 298 g/mol. The fourth-order valence-corrected chi connectivity index (χ4v) is 1.40. The highest BCUT2D eigenvalue weighted by atomic mass is 16.9. The first-order valence-corrected chi connectivity index (χ1v) is 5.79. The molecule has 1 aromatic rings. The Hall–Kier alpha value is -3.04. The molecule has 0 atom stereocenters. The van der Waals surface area contributed by atoms with Crippen LogP contribution in [0.15, 0.2) is 24.3 Å². The van der Waals surface area contributed by atoms with Crippen LogP contribution in [0.4, 0.5) is 0 Å². The lowest BCUT2D eigenvalue weighted by Crippen LogP contribution is -2.44. The van der Waals surface area contributed by atoms with Crippen molar-refractivity contribution in [3.63, 3.8) is 0 Å². The summed E-state index contributed by atoms with van der Waals surface area (Å²) in [7, 11) is 0. The zero-order chi connectivity index (χ0) is 16.4. The molecule has 0 heterocycles. The van der Waals surface area contributed by atoms with Crippen LogP contribution in [0.5, 0.6) is 5.75 Å². The molecule has 116 valence electrons. The Morgan fingerprint density at radius 3 is 2.29 bits per heavy atom. The highest BCUT2D eigenvalue weighted by Gasteiger charge is 2.13. The number of nitrogens with zero attached hydrogens (tertiary/aromatic N) is 2. The third kappa shape index (κ3) is 7.20. The molecule has 0 spiro atoms. The number of para-hydroxylation sites is 1. The number of nitrogens with two attached hydrogens (primary N) is 2. The molecule has 0 aromatic heterocycles. The number of benzene rings is 1. The van der Waals surface area contributed by atoms with Gasteiger partial charge in [0, 0.05) is 5.56 Å². The standard InChI is InChI=1S/C11H17N5O.HNO3/c1-2-17-9-6-4-3-5-8(9)7-16(10(12)13)11(14)15;2-1(3)4/h3-6H,2,7H2,1H3,(H3,12,13)(H3,14,15);(H,2,3,4). The maximum Gasteiger partial charge on any atom is 0.291 e. The van der Waals surface area contributed by atoms with Crippen LogP contribution in [0.25, 0.3) is 0 Å². The second-order valence-electron chi connectivity index (χ2n) is 3.64. The van der Waals surface area contributed by atoms with Crippen molar-refractivity contribution in [2.45, 2.75) is 13.5 Å². The van der Waals surface area contributed by atoms with Gasteiger partial charge in [-0.1, -0.05) is 18.2 Å². The second-order valence-corrected chi connectivity index (χ2v) is 3.64. The number of nitrogens with one attached hydrogen (secondary N) is 2. The van der Waals surface area contributed by atoms with E-state index in [1.165, 1.54) is 4.90 Å². The van der Waals surface area contributed by atoms with Crippen molar-refractivity contribution in [2.75, 3.05) is 6.61 Å². The highest BCUT2D eigenvalue weighted by molar-refractivity contribution is 5.94. The van der Waals surface area contributed by atoms with E-state index in [-0.39, 0.29) is 18.5 Å². The Morgan fingerprint density at radius 2 is 1.86 bits per heavy atom. The van der Waals surface area contributed by atoms with E-state index >= 15 is 0 Å². The molecule has 0 fully saturated rings. The van der Waals surface area contributed by atoms with Crippen LogP contribution in [-0.2, 0) is 6.54 Å². The predicted octanol–water partition coefficient (Wildman–Crippen LogP) is 0.327. The quantitative estimate of drug-likeness (QED) is 0.230. The van der Waals surface area contributed by atoms with Crippen molar-refractivity contribution >= 4 is 11.9 Å². The van der Waals surface area contributed by atoms with Gasteiger partial charge >= 0.3 is 0 Å². The van der Waals surface area contributed by atoms with Crippen LogP contribution in [0.3, 0.4) is 0 Å². The molecule has 0 aliphatic heterocycles. The Bertz CT molecular complexity index is 489. The summed E-state index contributed by atoms with van der Waals surface area (Å²) in [5.41, 5.74) is 11.5. The molecule has 7 N–H and O–H groups in total. The zero-order valence-electron chi connectivity index (χ0n) is 11.4. The fourth-order valence-electron chi connectivity index (χ4n) is 1.40. The van der Waals surface area contributed by atoms with Crippen molar-refractivity contribution in [1.82, 2.24) is 4.90 Å². The largest absolute Gasteiger partial charge is 0.494 e. The molecule has 0 aliphatic carbocycles. The monoisotopic (exact) mass is 298 g/mol. The van der Waals surface area contributed by atoms with Gasteiger partial charge in [0.15, 0.2) is 11.9 Å². The zero-order valence-corrected chi connectivity index (χ0v) is 11.4. The molecule has 0 saturated heterocycles. The molecule has 0 radical (unpaired) electrons. The van der Waals surface area contributed by atoms with E-state index in [2.05, 4.69) is 0 Å². The lowest BCUT2D eigenvalue weighted by molar-refractivity contribution is -0.742. The van der Waals surface area contributed by atoms with E-state index in [0.717, 1.165) is 5.56 Å². The van der Waals surface area contributed by atoms with E-state index in [1.807, 2.05) is 31.2 Å². The van der Waals surface area contributed by atoms with Gasteiger partial charge in [-0.15, -0.1) is 10.1 Å². The molecule has 0 aliphatic rings. The number of ether oxygens (including phenoxy) is 1. The number of hydrogen-bond acceptors (Lipinski definition) is 5. The van der Waals surface area contributed by atoms with Gasteiger partial charge in [0.05, 0.1) is 13.2 Å². The van der Waals surface area contributed by atoms with E-state index in [4.69, 9.17) is 42.3 Å². The molecule has 21 heavy (non-hydrogen) atoms. The molecule has 0 saturated carbocycles. The molecule has 10 heteroatoms. The lowest BCUT2D eigenvalue weighted by atomic mass is 10.2. The van der Waals surface area contributed by atoms with Crippen molar-refractivity contribution in [3.8, 4) is 5.75 Å². The second kappa shape index (κ2) is 8.96. The average Bonchev–Trinajstić information content (AvgIpc) is 2.36. The first-order valence-electron chi connectivity index (χ1n) is 5.79. The van der Waals surface area contributed by atoms with Crippen LogP contribution in [-0.4, -0.2) is 33.7 Å². The Balaban J connectivity index is 0.000000885. The smallest absolute Gasteiger partial charge is 0.291 e. The van der Waals surface area contributed by atoms with Gasteiger partial charge in [-0.3, -0.25) is 15.7 Å². The number of hydrogen-bond donors (Lipinski definition) is 5. The van der Waals surface area contributed by atoms with Crippen LogP contribution < -0.4 is 16.2 Å². The third-order valence-corrected chi connectivity index (χ3v) is 2.18. The molecule has 0 unspecified atom stereocenters. The first-order chi connectivity index (χ1) is 9.79. The van der Waals surface area contributed by atoms with Gasteiger partial charge in [-0.2, -0.15) is 0 Å². The normalized spacial score (nSPS) is 9.00. The highest BCUT2D eigenvalue weighted by Crippen LogP contribution is 2.19. The topological polar surface area (TPSA) is 176 Å². The summed E-state index contributed by atoms with van der Waals surface area (Å²) >= 11 is 0. The summed E-state index contributed by atoms with van der Waals surface area (Å²) in [4.78, 5) is 9.55. The molecular weight excluding hydrogens is 280 g/mol. The van der Waals surface area contributed by atoms with E-state index in [0.29, 0.717) is 12.4 Å². The van der Waals surface area contributed by atoms with Gasteiger partial charge in [0.1, 0.15) is 5.75 Å². The molecule has 1 rings (SSSR count). The van der Waals surface area contributed by atoms with Crippen molar-refractivity contribution in [1.29, 1.82) is 10.8 Å². The molecule has 1 aromatic carbocycles. The predicted molar refractivity (Wildman–Crippen MR) is 75.8 cm³/mol. The maximum absolute atomic E-state index is 8.36. The Morgan fingerprint density at radius 1 is 1.38 bits per heavy atom. The van der Waals surface area contributed by atoms with Gasteiger partial charge in [-0.25, -0.2) is 0 Å². The summed E-state index contributed by atoms with van der Waals surface area (Å²) < 4.78 is 5.45. The van der Waals surface area contributed by atoms with Crippen molar-refractivity contribution in [3.05, 3.63) is 39.9 Å². The van der Waals surface area contributed by atoms with Crippen LogP contribution in [0, 0.1) is 20.9 Å². The minimum Gasteiger partial charge on any atom is -0.494 e. The molecule has 0 bridgehead atoms. The third-order valence-electron chi connectivity index (χ3n) is 2.18. The maximum atomic E-state index is 8.36. The van der Waals surface area contributed by atoms with Gasteiger partial charge < -0.3 is 21.4 Å².